The van der Waals surface area contributed by atoms with Crippen LogP contribution in [0.2, 0.25) is 0 Å². The molecular weight excluding hydrogens is 420 g/mol. The lowest BCUT2D eigenvalue weighted by molar-refractivity contribution is -0.238. The molecule has 4 atom stereocenters. The van der Waals surface area contributed by atoms with Crippen LogP contribution in [-0.2, 0) is 42.8 Å². The highest BCUT2D eigenvalue weighted by atomic mass is 32.2. The summed E-state index contributed by atoms with van der Waals surface area (Å²) in [6, 6.07) is 7.17. The Bertz CT molecular complexity index is 851. The molecule has 0 amide bonds. The van der Waals surface area contributed by atoms with Gasteiger partial charge in [-0.2, -0.15) is 8.42 Å². The molecule has 10 nitrogen and oxygen atoms in total. The summed E-state index contributed by atoms with van der Waals surface area (Å²) in [7, 11) is -2.79. The summed E-state index contributed by atoms with van der Waals surface area (Å²) in [5, 5.41) is 0. The number of rotatable bonds is 9. The van der Waals surface area contributed by atoms with Crippen LogP contribution in [0.4, 0.5) is 0 Å². The van der Waals surface area contributed by atoms with Gasteiger partial charge in [-0.1, -0.05) is 17.7 Å². The van der Waals surface area contributed by atoms with Crippen molar-refractivity contribution < 1.29 is 45.9 Å². The maximum absolute atomic E-state index is 11.9. The highest BCUT2D eigenvalue weighted by Crippen LogP contribution is 2.38. The van der Waals surface area contributed by atoms with E-state index >= 15 is 0 Å². The fraction of sp³-hybridized carbons (Fsp3) is 0.579. The van der Waals surface area contributed by atoms with Crippen molar-refractivity contribution in [3.05, 3.63) is 29.8 Å². The predicted octanol–water partition coefficient (Wildman–Crippen LogP) is 0.955. The molecular formula is C19H26O10S. The topological polar surface area (TPSA) is 124 Å². The van der Waals surface area contributed by atoms with Crippen LogP contribution in [0.25, 0.3) is 0 Å². The number of benzene rings is 1. The molecule has 1 heterocycles. The second kappa shape index (κ2) is 9.73. The van der Waals surface area contributed by atoms with E-state index in [1.807, 2.05) is 19.1 Å². The summed E-state index contributed by atoms with van der Waals surface area (Å²) in [6.45, 7) is 3.65. The van der Waals surface area contributed by atoms with Crippen molar-refractivity contribution in [3.63, 3.8) is 0 Å². The molecule has 0 aliphatic carbocycles. The summed E-state index contributed by atoms with van der Waals surface area (Å²) in [6.07, 6.45) is -2.82. The van der Waals surface area contributed by atoms with E-state index in [1.165, 1.54) is 7.11 Å². The summed E-state index contributed by atoms with van der Waals surface area (Å²) in [5.74, 6) is -2.98. The van der Waals surface area contributed by atoms with E-state index in [0.29, 0.717) is 5.75 Å². The van der Waals surface area contributed by atoms with Crippen molar-refractivity contribution in [2.75, 3.05) is 26.6 Å². The van der Waals surface area contributed by atoms with Gasteiger partial charge in [-0.05, 0) is 19.1 Å². The van der Waals surface area contributed by atoms with E-state index in [0.717, 1.165) is 25.7 Å². The predicted molar refractivity (Wildman–Crippen MR) is 103 cm³/mol. The normalized spacial score (nSPS) is 26.2. The van der Waals surface area contributed by atoms with Crippen LogP contribution >= 0.6 is 0 Å². The largest absolute Gasteiger partial charge is 0.491 e. The molecule has 0 saturated carbocycles. The number of hydrogen-bond acceptors (Lipinski definition) is 10. The summed E-state index contributed by atoms with van der Waals surface area (Å²) in [5.41, 5.74) is 1.04. The molecule has 0 aromatic heterocycles. The van der Waals surface area contributed by atoms with Crippen molar-refractivity contribution in [2.24, 2.45) is 0 Å². The zero-order chi connectivity index (χ0) is 22.5. The van der Waals surface area contributed by atoms with Gasteiger partial charge < -0.3 is 23.7 Å². The van der Waals surface area contributed by atoms with Crippen LogP contribution < -0.4 is 4.74 Å². The van der Waals surface area contributed by atoms with Crippen LogP contribution in [-0.4, -0.2) is 71.0 Å². The van der Waals surface area contributed by atoms with Crippen LogP contribution in [0.5, 0.6) is 5.75 Å². The van der Waals surface area contributed by atoms with Crippen LogP contribution in [0.15, 0.2) is 24.3 Å². The van der Waals surface area contributed by atoms with Gasteiger partial charge in [-0.15, -0.1) is 0 Å². The van der Waals surface area contributed by atoms with Gasteiger partial charge in [0.05, 0.1) is 6.26 Å². The molecule has 1 saturated heterocycles. The molecule has 0 N–H and O–H groups in total. The molecule has 1 aliphatic heterocycles. The highest BCUT2D eigenvalue weighted by Gasteiger charge is 2.62. The number of ether oxygens (including phenoxy) is 5. The Morgan fingerprint density at radius 2 is 1.70 bits per heavy atom. The summed E-state index contributed by atoms with van der Waals surface area (Å²) >= 11 is 0. The second-order valence-electron chi connectivity index (χ2n) is 6.92. The van der Waals surface area contributed by atoms with Crippen LogP contribution in [0.1, 0.15) is 19.4 Å². The number of carbonyl (C=O) groups excluding carboxylic acids is 2. The fourth-order valence-corrected chi connectivity index (χ4v) is 3.80. The Labute approximate surface area is 175 Å². The molecule has 30 heavy (non-hydrogen) atoms. The van der Waals surface area contributed by atoms with E-state index in [-0.39, 0.29) is 6.61 Å². The van der Waals surface area contributed by atoms with Crippen molar-refractivity contribution in [1.29, 1.82) is 0 Å². The van der Waals surface area contributed by atoms with Gasteiger partial charge in [0.25, 0.3) is 15.9 Å². The Morgan fingerprint density at radius 1 is 1.10 bits per heavy atom. The molecule has 1 unspecified atom stereocenters. The van der Waals surface area contributed by atoms with Crippen molar-refractivity contribution in [2.45, 2.75) is 44.9 Å². The number of aryl methyl sites for hydroxylation is 1. The lowest BCUT2D eigenvalue weighted by Crippen LogP contribution is -2.52. The van der Waals surface area contributed by atoms with Gasteiger partial charge in [0, 0.05) is 21.0 Å². The Hall–Kier alpha value is -2.21. The third kappa shape index (κ3) is 6.39. The molecule has 2 rings (SSSR count). The average molecular weight is 446 g/mol. The van der Waals surface area contributed by atoms with Crippen molar-refractivity contribution >= 4 is 22.1 Å². The Morgan fingerprint density at radius 3 is 2.20 bits per heavy atom. The minimum atomic E-state index is -4.08. The van der Waals surface area contributed by atoms with E-state index in [4.69, 9.17) is 27.9 Å². The third-order valence-electron chi connectivity index (χ3n) is 4.12. The van der Waals surface area contributed by atoms with Crippen LogP contribution in [0.3, 0.4) is 0 Å². The third-order valence-corrected chi connectivity index (χ3v) is 4.70. The maximum atomic E-state index is 11.9. The molecule has 1 aromatic rings. The lowest BCUT2D eigenvalue weighted by atomic mass is 10.1. The average Bonchev–Trinajstić information content (AvgIpc) is 2.85. The monoisotopic (exact) mass is 446 g/mol. The second-order valence-corrected chi connectivity index (χ2v) is 8.49. The number of methoxy groups -OCH3 is 1. The fourth-order valence-electron chi connectivity index (χ4n) is 3.11. The molecule has 0 radical (unpaired) electrons. The molecule has 1 fully saturated rings. The lowest BCUT2D eigenvalue weighted by Gasteiger charge is -2.32. The highest BCUT2D eigenvalue weighted by molar-refractivity contribution is 7.86. The summed E-state index contributed by atoms with van der Waals surface area (Å²) < 4.78 is 56.2. The molecule has 0 spiro atoms. The SMILES string of the molecule is COCC1(OS(C)(=O)=O)O[C@H](COc2ccc(C)cc2)[C@@H](OC(C)=O)[C@H]1OC(C)=O. The first-order valence-corrected chi connectivity index (χ1v) is 10.9. The van der Waals surface area contributed by atoms with Gasteiger partial charge in [-0.25, -0.2) is 4.18 Å². The first-order chi connectivity index (χ1) is 14.0. The number of esters is 2. The van der Waals surface area contributed by atoms with Gasteiger partial charge in [0.2, 0.25) is 0 Å². The first kappa shape index (κ1) is 24.1. The van der Waals surface area contributed by atoms with Gasteiger partial charge in [0.1, 0.15) is 25.1 Å². The van der Waals surface area contributed by atoms with Gasteiger partial charge in [0.15, 0.2) is 12.2 Å². The molecule has 11 heteroatoms. The maximum Gasteiger partial charge on any atom is 0.303 e. The quantitative estimate of drug-likeness (QED) is 0.400. The molecule has 1 aliphatic rings. The Kier molecular flexibility index (Phi) is 7.81. The van der Waals surface area contributed by atoms with Crippen LogP contribution in [0, 0.1) is 6.92 Å². The minimum absolute atomic E-state index is 0.142. The van der Waals surface area contributed by atoms with Crippen molar-refractivity contribution in [3.8, 4) is 5.75 Å². The standard InChI is InChI=1S/C19H26O10S/c1-12-6-8-15(9-7-12)25-10-16-17(26-13(2)20)18(27-14(3)21)19(28-16,11-24-4)29-30(5,22)23/h6-9,16-18H,10-11H2,1-5H3/t16-,17-,18-,19?/m1/s1. The zero-order valence-corrected chi connectivity index (χ0v) is 18.3. The Balaban J connectivity index is 2.38. The minimum Gasteiger partial charge on any atom is -0.491 e. The van der Waals surface area contributed by atoms with Gasteiger partial charge in [-0.3, -0.25) is 9.59 Å². The zero-order valence-electron chi connectivity index (χ0n) is 17.4. The van der Waals surface area contributed by atoms with Crippen molar-refractivity contribution in [1.82, 2.24) is 0 Å². The number of hydrogen-bond donors (Lipinski definition) is 0. The smallest absolute Gasteiger partial charge is 0.303 e. The van der Waals surface area contributed by atoms with E-state index in [9.17, 15) is 18.0 Å². The van der Waals surface area contributed by atoms with E-state index in [2.05, 4.69) is 0 Å². The molecule has 0 bridgehead atoms. The van der Waals surface area contributed by atoms with E-state index < -0.39 is 52.8 Å². The van der Waals surface area contributed by atoms with Gasteiger partial charge >= 0.3 is 11.9 Å². The molecule has 168 valence electrons. The molecule has 1 aromatic carbocycles. The van der Waals surface area contributed by atoms with E-state index in [1.54, 1.807) is 12.1 Å². The number of carbonyl (C=O) groups is 2. The summed E-state index contributed by atoms with van der Waals surface area (Å²) in [4.78, 5) is 23.4. The first-order valence-electron chi connectivity index (χ1n) is 9.07.